The van der Waals surface area contributed by atoms with Crippen LogP contribution in [0, 0.1) is 0 Å². The highest BCUT2D eigenvalue weighted by atomic mass is 19.4. The molecule has 0 radical (unpaired) electrons. The lowest BCUT2D eigenvalue weighted by molar-refractivity contribution is -0.192. The molecular formula is C26H24F3N3O3. The molecule has 0 aliphatic heterocycles. The summed E-state index contributed by atoms with van der Waals surface area (Å²) in [5, 5.41) is 11.7. The van der Waals surface area contributed by atoms with Crippen LogP contribution in [0.15, 0.2) is 91.1 Å². The number of anilines is 2. The summed E-state index contributed by atoms with van der Waals surface area (Å²) in [7, 11) is 0. The molecule has 3 aromatic carbocycles. The van der Waals surface area contributed by atoms with Gasteiger partial charge in [-0.15, -0.1) is 0 Å². The molecule has 35 heavy (non-hydrogen) atoms. The van der Waals surface area contributed by atoms with E-state index in [0.717, 1.165) is 29.9 Å². The van der Waals surface area contributed by atoms with Crippen LogP contribution < -0.4 is 10.2 Å². The predicted octanol–water partition coefficient (Wildman–Crippen LogP) is 5.30. The maximum atomic E-state index is 13.0. The Morgan fingerprint density at radius 1 is 0.857 bits per heavy atom. The number of nitrogens with one attached hydrogen (secondary N) is 2. The monoisotopic (exact) mass is 483 g/mol. The standard InChI is InChI=1S/C24H23N3O.C2HF3O2/c28-24(18-25-16-15-19-17-26-23-14-8-7-13-22(19)23)27(20-9-3-1-4-10-20)21-11-5-2-6-12-21;3-2(4,5)1(6)7/h1-14,17,25-26H,15-16,18H2;(H,6,7). The smallest absolute Gasteiger partial charge is 0.475 e. The Morgan fingerprint density at radius 3 is 1.91 bits per heavy atom. The van der Waals surface area contributed by atoms with E-state index in [9.17, 15) is 18.0 Å². The second-order valence-corrected chi connectivity index (χ2v) is 7.49. The molecule has 1 amide bonds. The molecule has 182 valence electrons. The predicted molar refractivity (Wildman–Crippen MR) is 129 cm³/mol. The van der Waals surface area contributed by atoms with E-state index in [1.54, 1.807) is 4.90 Å². The molecule has 1 aromatic heterocycles. The molecule has 3 N–H and O–H groups in total. The zero-order valence-electron chi connectivity index (χ0n) is 18.6. The molecule has 9 heteroatoms. The number of hydrogen-bond acceptors (Lipinski definition) is 3. The number of rotatable bonds is 7. The van der Waals surface area contributed by atoms with Crippen LogP contribution in [0.5, 0.6) is 0 Å². The van der Waals surface area contributed by atoms with Crippen LogP contribution in [-0.2, 0) is 16.0 Å². The maximum absolute atomic E-state index is 13.0. The summed E-state index contributed by atoms with van der Waals surface area (Å²) in [5.41, 5.74) is 4.15. The van der Waals surface area contributed by atoms with Gasteiger partial charge in [-0.2, -0.15) is 13.2 Å². The van der Waals surface area contributed by atoms with Gasteiger partial charge in [0.25, 0.3) is 0 Å². The lowest BCUT2D eigenvalue weighted by atomic mass is 10.1. The van der Waals surface area contributed by atoms with E-state index in [4.69, 9.17) is 9.90 Å². The number of alkyl halides is 3. The summed E-state index contributed by atoms with van der Waals surface area (Å²) in [6.07, 6.45) is -2.16. The Balaban J connectivity index is 0.000000429. The highest BCUT2D eigenvalue weighted by Crippen LogP contribution is 2.25. The Kier molecular flexibility index (Phi) is 8.63. The summed E-state index contributed by atoms with van der Waals surface area (Å²) in [5.74, 6) is -2.73. The highest BCUT2D eigenvalue weighted by Gasteiger charge is 2.38. The lowest BCUT2D eigenvalue weighted by Gasteiger charge is -2.23. The van der Waals surface area contributed by atoms with Gasteiger partial charge in [-0.05, 0) is 48.9 Å². The number of aromatic amines is 1. The Labute approximate surface area is 200 Å². The van der Waals surface area contributed by atoms with E-state index >= 15 is 0 Å². The van der Waals surface area contributed by atoms with E-state index in [1.807, 2.05) is 72.8 Å². The number of carbonyl (C=O) groups is 2. The van der Waals surface area contributed by atoms with Gasteiger partial charge >= 0.3 is 12.1 Å². The number of benzene rings is 3. The molecule has 0 aliphatic carbocycles. The normalized spacial score (nSPS) is 10.9. The molecule has 0 saturated heterocycles. The molecule has 4 aromatic rings. The largest absolute Gasteiger partial charge is 0.490 e. The Morgan fingerprint density at radius 2 is 1.37 bits per heavy atom. The average Bonchev–Trinajstić information content (AvgIpc) is 3.26. The van der Waals surface area contributed by atoms with Crippen molar-refractivity contribution in [3.63, 3.8) is 0 Å². The van der Waals surface area contributed by atoms with E-state index < -0.39 is 12.1 Å². The van der Waals surface area contributed by atoms with Gasteiger partial charge in [0, 0.05) is 28.5 Å². The van der Waals surface area contributed by atoms with Gasteiger partial charge in [0.1, 0.15) is 0 Å². The van der Waals surface area contributed by atoms with Crippen LogP contribution in [0.25, 0.3) is 10.9 Å². The van der Waals surface area contributed by atoms with Crippen molar-refractivity contribution >= 4 is 34.2 Å². The maximum Gasteiger partial charge on any atom is 0.490 e. The van der Waals surface area contributed by atoms with Crippen LogP contribution >= 0.6 is 0 Å². The molecule has 4 rings (SSSR count). The van der Waals surface area contributed by atoms with Crippen molar-refractivity contribution in [1.29, 1.82) is 0 Å². The van der Waals surface area contributed by atoms with E-state index in [1.165, 1.54) is 10.9 Å². The molecule has 0 spiro atoms. The fraction of sp³-hybridized carbons (Fsp3) is 0.154. The third kappa shape index (κ3) is 7.18. The highest BCUT2D eigenvalue weighted by molar-refractivity contribution is 6.01. The zero-order valence-corrected chi connectivity index (χ0v) is 18.6. The number of carboxylic acid groups (broad SMARTS) is 1. The lowest BCUT2D eigenvalue weighted by Crippen LogP contribution is -2.36. The second-order valence-electron chi connectivity index (χ2n) is 7.49. The van der Waals surface area contributed by atoms with E-state index in [0.29, 0.717) is 0 Å². The fourth-order valence-electron chi connectivity index (χ4n) is 3.43. The first-order chi connectivity index (χ1) is 16.8. The number of aliphatic carboxylic acids is 1. The van der Waals surface area contributed by atoms with Crippen molar-refractivity contribution in [3.05, 3.63) is 96.7 Å². The molecule has 0 unspecified atom stereocenters. The zero-order chi connectivity index (χ0) is 25.3. The minimum Gasteiger partial charge on any atom is -0.475 e. The summed E-state index contributed by atoms with van der Waals surface area (Å²) in [4.78, 5) is 26.9. The molecule has 1 heterocycles. The third-order valence-electron chi connectivity index (χ3n) is 5.04. The minimum absolute atomic E-state index is 0.0244. The molecule has 0 atom stereocenters. The van der Waals surface area contributed by atoms with Gasteiger partial charge in [0.15, 0.2) is 0 Å². The number of carboxylic acids is 1. The summed E-state index contributed by atoms with van der Waals surface area (Å²) in [6, 6.07) is 27.8. The first kappa shape index (κ1) is 25.5. The van der Waals surface area contributed by atoms with Crippen molar-refractivity contribution in [1.82, 2.24) is 10.3 Å². The molecule has 0 fully saturated rings. The number of carbonyl (C=O) groups excluding carboxylic acids is 1. The molecule has 0 aliphatic rings. The minimum atomic E-state index is -5.08. The fourth-order valence-corrected chi connectivity index (χ4v) is 3.43. The van der Waals surface area contributed by atoms with Gasteiger partial charge in [0.2, 0.25) is 5.91 Å². The van der Waals surface area contributed by atoms with Crippen LogP contribution in [0.2, 0.25) is 0 Å². The average molecular weight is 483 g/mol. The van der Waals surface area contributed by atoms with Crippen LogP contribution in [0.1, 0.15) is 5.56 Å². The first-order valence-corrected chi connectivity index (χ1v) is 10.8. The molecule has 0 bridgehead atoms. The van der Waals surface area contributed by atoms with E-state index in [-0.39, 0.29) is 12.5 Å². The van der Waals surface area contributed by atoms with Gasteiger partial charge in [-0.25, -0.2) is 4.79 Å². The van der Waals surface area contributed by atoms with Crippen LogP contribution in [-0.4, -0.2) is 41.2 Å². The number of fused-ring (bicyclic) bond motifs is 1. The van der Waals surface area contributed by atoms with Crippen molar-refractivity contribution in [3.8, 4) is 0 Å². The van der Waals surface area contributed by atoms with Gasteiger partial charge < -0.3 is 15.4 Å². The van der Waals surface area contributed by atoms with Crippen molar-refractivity contribution < 1.29 is 27.9 Å². The van der Waals surface area contributed by atoms with Crippen molar-refractivity contribution in [2.45, 2.75) is 12.6 Å². The van der Waals surface area contributed by atoms with E-state index in [2.05, 4.69) is 28.6 Å². The number of hydrogen-bond donors (Lipinski definition) is 3. The topological polar surface area (TPSA) is 85.4 Å². The number of aromatic nitrogens is 1. The number of halogens is 3. The molecular weight excluding hydrogens is 459 g/mol. The van der Waals surface area contributed by atoms with Crippen LogP contribution in [0.3, 0.4) is 0 Å². The first-order valence-electron chi connectivity index (χ1n) is 10.8. The van der Waals surface area contributed by atoms with Crippen molar-refractivity contribution in [2.24, 2.45) is 0 Å². The summed E-state index contributed by atoms with van der Waals surface area (Å²) < 4.78 is 31.7. The molecule has 6 nitrogen and oxygen atoms in total. The third-order valence-corrected chi connectivity index (χ3v) is 5.04. The molecule has 0 saturated carbocycles. The number of para-hydroxylation sites is 3. The SMILES string of the molecule is O=C(CNCCc1c[nH]c2ccccc12)N(c1ccccc1)c1ccccc1.O=C(O)C(F)(F)F. The number of nitrogens with zero attached hydrogens (tertiary/aromatic N) is 1. The second kappa shape index (κ2) is 11.8. The van der Waals surface area contributed by atoms with Crippen molar-refractivity contribution in [2.75, 3.05) is 18.0 Å². The number of H-pyrrole nitrogens is 1. The Bertz CT molecular complexity index is 1200. The quantitative estimate of drug-likeness (QED) is 0.312. The number of amides is 1. The Hall–Kier alpha value is -4.11. The van der Waals surface area contributed by atoms with Gasteiger partial charge in [-0.3, -0.25) is 9.69 Å². The summed E-state index contributed by atoms with van der Waals surface area (Å²) in [6.45, 7) is 1.02. The van der Waals surface area contributed by atoms with Gasteiger partial charge in [-0.1, -0.05) is 54.6 Å². The summed E-state index contributed by atoms with van der Waals surface area (Å²) >= 11 is 0. The van der Waals surface area contributed by atoms with Gasteiger partial charge in [0.05, 0.1) is 6.54 Å². The van der Waals surface area contributed by atoms with Crippen LogP contribution in [0.4, 0.5) is 24.5 Å².